The minimum Gasteiger partial charge on any atom is -0.469 e. The number of rotatable bonds is 6. The van der Waals surface area contributed by atoms with Gasteiger partial charge in [-0.1, -0.05) is 0 Å². The summed E-state index contributed by atoms with van der Waals surface area (Å²) in [6.45, 7) is 1.66. The molecule has 1 atom stereocenters. The largest absolute Gasteiger partial charge is 0.469 e. The van der Waals surface area contributed by atoms with Gasteiger partial charge in [0, 0.05) is 33.0 Å². The molecule has 0 aliphatic carbocycles. The third kappa shape index (κ3) is 4.71. The first kappa shape index (κ1) is 14.1. The highest BCUT2D eigenvalue weighted by Crippen LogP contribution is 2.16. The molecule has 0 aromatic carbocycles. The van der Waals surface area contributed by atoms with Crippen LogP contribution < -0.4 is 0 Å². The van der Waals surface area contributed by atoms with Gasteiger partial charge in [-0.25, -0.2) is 0 Å². The van der Waals surface area contributed by atoms with Gasteiger partial charge in [-0.2, -0.15) is 0 Å². The van der Waals surface area contributed by atoms with Gasteiger partial charge in [0.2, 0.25) is 5.91 Å². The van der Waals surface area contributed by atoms with Gasteiger partial charge in [0.1, 0.15) is 5.76 Å². The number of nitrogens with zero attached hydrogens (tertiary/aromatic N) is 1. The van der Waals surface area contributed by atoms with Gasteiger partial charge in [-0.05, 0) is 37.8 Å². The second-order valence-electron chi connectivity index (χ2n) is 5.17. The van der Waals surface area contributed by atoms with Crippen molar-refractivity contribution in [3.63, 3.8) is 0 Å². The topological polar surface area (TPSA) is 42.7 Å². The van der Waals surface area contributed by atoms with E-state index in [0.29, 0.717) is 18.9 Å². The Morgan fingerprint density at radius 2 is 2.37 bits per heavy atom. The molecule has 1 unspecified atom stereocenters. The summed E-state index contributed by atoms with van der Waals surface area (Å²) in [6.07, 6.45) is 7.68. The Kier molecular flexibility index (Phi) is 5.45. The highest BCUT2D eigenvalue weighted by atomic mass is 16.5. The van der Waals surface area contributed by atoms with Gasteiger partial charge in [0.05, 0.1) is 12.4 Å². The van der Waals surface area contributed by atoms with E-state index in [0.717, 1.165) is 31.8 Å². The zero-order valence-electron chi connectivity index (χ0n) is 11.6. The van der Waals surface area contributed by atoms with Crippen molar-refractivity contribution < 1.29 is 13.9 Å². The molecule has 1 aromatic rings. The predicted molar refractivity (Wildman–Crippen MR) is 72.9 cm³/mol. The minimum atomic E-state index is 0.173. The van der Waals surface area contributed by atoms with Gasteiger partial charge >= 0.3 is 0 Å². The zero-order chi connectivity index (χ0) is 13.5. The molecule has 0 radical (unpaired) electrons. The normalized spacial score (nSPS) is 19.3. The quantitative estimate of drug-likeness (QED) is 0.794. The van der Waals surface area contributed by atoms with Crippen LogP contribution in [0.2, 0.25) is 0 Å². The van der Waals surface area contributed by atoms with E-state index in [2.05, 4.69) is 0 Å². The van der Waals surface area contributed by atoms with E-state index in [1.807, 2.05) is 19.2 Å². The van der Waals surface area contributed by atoms with E-state index < -0.39 is 0 Å². The lowest BCUT2D eigenvalue weighted by Gasteiger charge is -2.25. The fraction of sp³-hybridized carbons (Fsp3) is 0.667. The van der Waals surface area contributed by atoms with Crippen LogP contribution in [0.5, 0.6) is 0 Å². The van der Waals surface area contributed by atoms with E-state index in [1.54, 1.807) is 11.2 Å². The maximum Gasteiger partial charge on any atom is 0.222 e. The van der Waals surface area contributed by atoms with Crippen molar-refractivity contribution in [1.82, 2.24) is 4.90 Å². The molecule has 4 nitrogen and oxygen atoms in total. The maximum absolute atomic E-state index is 12.0. The molecular weight excluding hydrogens is 242 g/mol. The number of carbonyl (C=O) groups is 1. The Labute approximate surface area is 114 Å². The maximum atomic E-state index is 12.0. The lowest BCUT2D eigenvalue weighted by Crippen LogP contribution is -2.31. The second-order valence-corrected chi connectivity index (χ2v) is 5.17. The van der Waals surface area contributed by atoms with Crippen LogP contribution in [0.1, 0.15) is 37.9 Å². The molecule has 0 N–H and O–H groups in total. The van der Waals surface area contributed by atoms with Crippen molar-refractivity contribution in [2.24, 2.45) is 0 Å². The number of hydrogen-bond acceptors (Lipinski definition) is 3. The van der Waals surface area contributed by atoms with Gasteiger partial charge in [0.15, 0.2) is 0 Å². The zero-order valence-corrected chi connectivity index (χ0v) is 11.6. The summed E-state index contributed by atoms with van der Waals surface area (Å²) < 4.78 is 10.9. The van der Waals surface area contributed by atoms with Crippen molar-refractivity contribution in [3.05, 3.63) is 24.2 Å². The highest BCUT2D eigenvalue weighted by molar-refractivity contribution is 5.76. The standard InChI is InChI=1S/C15H23NO3/c1-16(10-9-14-5-2-3-11-18-14)15(17)8-7-13-6-4-12-19-13/h4,6,12,14H,2-3,5,7-11H2,1H3. The molecular formula is C15H23NO3. The molecule has 1 amide bonds. The molecule has 2 rings (SSSR count). The molecule has 1 fully saturated rings. The molecule has 0 spiro atoms. The Bertz CT molecular complexity index is 369. The monoisotopic (exact) mass is 265 g/mol. The number of aryl methyl sites for hydroxylation is 1. The van der Waals surface area contributed by atoms with E-state index in [4.69, 9.17) is 9.15 Å². The second kappa shape index (κ2) is 7.34. The smallest absolute Gasteiger partial charge is 0.222 e. The summed E-state index contributed by atoms with van der Waals surface area (Å²) in [7, 11) is 1.87. The van der Waals surface area contributed by atoms with Crippen LogP contribution in [0.25, 0.3) is 0 Å². The fourth-order valence-electron chi connectivity index (χ4n) is 2.37. The van der Waals surface area contributed by atoms with Crippen LogP contribution in [0.15, 0.2) is 22.8 Å². The van der Waals surface area contributed by atoms with Crippen molar-refractivity contribution in [3.8, 4) is 0 Å². The molecule has 2 heterocycles. The van der Waals surface area contributed by atoms with Crippen LogP contribution >= 0.6 is 0 Å². The van der Waals surface area contributed by atoms with Crippen LogP contribution in [0, 0.1) is 0 Å². The van der Waals surface area contributed by atoms with E-state index in [-0.39, 0.29) is 5.91 Å². The number of hydrogen-bond donors (Lipinski definition) is 0. The van der Waals surface area contributed by atoms with Crippen LogP contribution in [0.4, 0.5) is 0 Å². The summed E-state index contributed by atoms with van der Waals surface area (Å²) in [5.41, 5.74) is 0. The highest BCUT2D eigenvalue weighted by Gasteiger charge is 2.16. The molecule has 1 aliphatic rings. The van der Waals surface area contributed by atoms with Gasteiger partial charge < -0.3 is 14.1 Å². The third-order valence-corrected chi connectivity index (χ3v) is 3.65. The molecule has 106 valence electrons. The molecule has 0 bridgehead atoms. The number of furan rings is 1. The van der Waals surface area contributed by atoms with Gasteiger partial charge in [-0.3, -0.25) is 4.79 Å². The van der Waals surface area contributed by atoms with Crippen molar-refractivity contribution in [1.29, 1.82) is 0 Å². The van der Waals surface area contributed by atoms with Crippen LogP contribution in [-0.4, -0.2) is 37.1 Å². The van der Waals surface area contributed by atoms with Crippen LogP contribution in [-0.2, 0) is 16.0 Å². The molecule has 1 aliphatic heterocycles. The summed E-state index contributed by atoms with van der Waals surface area (Å²) in [4.78, 5) is 13.8. The lowest BCUT2D eigenvalue weighted by molar-refractivity contribution is -0.130. The molecule has 4 heteroatoms. The summed E-state index contributed by atoms with van der Waals surface area (Å²) in [5, 5.41) is 0. The average Bonchev–Trinajstić information content (AvgIpc) is 2.96. The summed E-state index contributed by atoms with van der Waals surface area (Å²) >= 11 is 0. The van der Waals surface area contributed by atoms with Crippen molar-refractivity contribution in [2.75, 3.05) is 20.2 Å². The molecule has 0 saturated carbocycles. The average molecular weight is 265 g/mol. The third-order valence-electron chi connectivity index (χ3n) is 3.65. The molecule has 1 saturated heterocycles. The molecule has 1 aromatic heterocycles. The first-order chi connectivity index (χ1) is 9.25. The van der Waals surface area contributed by atoms with Gasteiger partial charge in [-0.15, -0.1) is 0 Å². The number of amides is 1. The van der Waals surface area contributed by atoms with E-state index >= 15 is 0 Å². The Hall–Kier alpha value is -1.29. The Morgan fingerprint density at radius 3 is 3.05 bits per heavy atom. The fourth-order valence-corrected chi connectivity index (χ4v) is 2.37. The number of ether oxygens (including phenoxy) is 1. The summed E-state index contributed by atoms with van der Waals surface area (Å²) in [5.74, 6) is 1.05. The molecule has 19 heavy (non-hydrogen) atoms. The van der Waals surface area contributed by atoms with E-state index in [1.165, 1.54) is 12.8 Å². The Balaban J connectivity index is 1.64. The minimum absolute atomic E-state index is 0.173. The SMILES string of the molecule is CN(CCC1CCCCO1)C(=O)CCc1ccco1. The number of carbonyl (C=O) groups excluding carboxylic acids is 1. The van der Waals surface area contributed by atoms with Gasteiger partial charge in [0.25, 0.3) is 0 Å². The summed E-state index contributed by atoms with van der Waals surface area (Å²) in [6, 6.07) is 3.76. The lowest BCUT2D eigenvalue weighted by atomic mass is 10.1. The van der Waals surface area contributed by atoms with Crippen molar-refractivity contribution in [2.45, 2.75) is 44.6 Å². The first-order valence-electron chi connectivity index (χ1n) is 7.13. The van der Waals surface area contributed by atoms with E-state index in [9.17, 15) is 4.79 Å². The van der Waals surface area contributed by atoms with Crippen molar-refractivity contribution >= 4 is 5.91 Å². The first-order valence-corrected chi connectivity index (χ1v) is 7.13. The van der Waals surface area contributed by atoms with Crippen LogP contribution in [0.3, 0.4) is 0 Å². The predicted octanol–water partition coefficient (Wildman–Crippen LogP) is 2.63. The Morgan fingerprint density at radius 1 is 1.47 bits per heavy atom.